The van der Waals surface area contributed by atoms with Crippen LogP contribution in [-0.4, -0.2) is 101 Å². The van der Waals surface area contributed by atoms with E-state index in [-0.39, 0.29) is 37.1 Å². The maximum atomic E-state index is 14.6. The second-order valence-corrected chi connectivity index (χ2v) is 17.3. The summed E-state index contributed by atoms with van der Waals surface area (Å²) in [6, 6.07) is 9.93. The monoisotopic (exact) mass is 798 g/mol. The molecule has 2 saturated heterocycles. The minimum Gasteiger partial charge on any atom is -0.459 e. The lowest BCUT2D eigenvalue weighted by Crippen LogP contribution is -2.59. The van der Waals surface area contributed by atoms with Crippen molar-refractivity contribution < 1.29 is 48.2 Å². The molecule has 0 spiro atoms. The molecular weight excluding hydrogens is 727 g/mol. The van der Waals surface area contributed by atoms with Gasteiger partial charge in [0.15, 0.2) is 6.29 Å². The summed E-state index contributed by atoms with van der Waals surface area (Å²) < 4.78 is 38.0. The van der Waals surface area contributed by atoms with Crippen LogP contribution < -0.4 is 0 Å². The first-order chi connectivity index (χ1) is 26.9. The number of nitrogens with zero attached hydrogens (tertiary/aromatic N) is 1. The molecule has 11 nitrogen and oxygen atoms in total. The summed E-state index contributed by atoms with van der Waals surface area (Å²) in [7, 11) is 3.26. The van der Waals surface area contributed by atoms with Crippen LogP contribution in [0.1, 0.15) is 113 Å². The number of hydrogen-bond donors (Lipinski definition) is 2. The highest BCUT2D eigenvalue weighted by Gasteiger charge is 2.52. The van der Waals surface area contributed by atoms with Crippen molar-refractivity contribution in [3.05, 3.63) is 48.2 Å². The first kappa shape index (κ1) is 46.9. The molecule has 2 aliphatic heterocycles. The van der Waals surface area contributed by atoms with Crippen molar-refractivity contribution in [2.24, 2.45) is 29.6 Å². The molecule has 1 aromatic carbocycles. The van der Waals surface area contributed by atoms with E-state index in [4.69, 9.17) is 28.4 Å². The van der Waals surface area contributed by atoms with Crippen LogP contribution in [-0.2, 0) is 38.0 Å². The highest BCUT2D eigenvalue weighted by molar-refractivity contribution is 5.84. The van der Waals surface area contributed by atoms with Gasteiger partial charge in [0.05, 0.1) is 47.6 Å². The van der Waals surface area contributed by atoms with Crippen LogP contribution >= 0.6 is 0 Å². The topological polar surface area (TPSA) is 143 Å². The Morgan fingerprint density at radius 2 is 1.68 bits per heavy atom. The Kier molecular flexibility index (Phi) is 16.5. The van der Waals surface area contributed by atoms with Crippen molar-refractivity contribution in [1.29, 1.82) is 0 Å². The number of methoxy groups -OCH3 is 2. The SMILES string of the molecule is CCCC[C@@]1(OC)C[C@@H](C)C(=O)[C@H](C)[C@@H](OC/C=C/c2cnc3ccccc3c2)[C@](C)(O)[C@@H](CC)OC(=O)[C@H](C)[C@@H](O[C@H]2C[C@@](C)(OC)[C@@H](O)[C@H](C)O2)[C@H](C)[C@H]1C. The number of aliphatic hydroxyl groups excluding tert-OH is 1. The number of aromatic nitrogens is 1. The van der Waals surface area contributed by atoms with Crippen LogP contribution in [0.3, 0.4) is 0 Å². The minimum atomic E-state index is -1.75. The van der Waals surface area contributed by atoms with Crippen LogP contribution in [0.15, 0.2) is 42.6 Å². The van der Waals surface area contributed by atoms with Gasteiger partial charge < -0.3 is 38.6 Å². The number of para-hydroxylation sites is 1. The van der Waals surface area contributed by atoms with Gasteiger partial charge in [0.25, 0.3) is 0 Å². The molecule has 4 rings (SSSR count). The Labute approximate surface area is 341 Å². The molecule has 0 unspecified atom stereocenters. The minimum absolute atomic E-state index is 0.0674. The van der Waals surface area contributed by atoms with Gasteiger partial charge in [0.1, 0.15) is 23.6 Å². The molecule has 2 aromatic rings. The molecule has 2 N–H and O–H groups in total. The lowest BCUT2D eigenvalue weighted by Gasteiger charge is -2.48. The average molecular weight is 798 g/mol. The van der Waals surface area contributed by atoms with Crippen molar-refractivity contribution in [3.63, 3.8) is 0 Å². The van der Waals surface area contributed by atoms with E-state index < -0.39 is 77.3 Å². The number of hydrogen-bond acceptors (Lipinski definition) is 11. The van der Waals surface area contributed by atoms with Crippen molar-refractivity contribution in [2.75, 3.05) is 20.8 Å². The van der Waals surface area contributed by atoms with Crippen molar-refractivity contribution in [2.45, 2.75) is 161 Å². The molecule has 0 saturated carbocycles. The standard InChI is InChI=1S/C46H71NO10/c1-13-15-22-46(53-12)25-28(3)39(48)30(5)42(54-23-18-19-34-24-35-20-16-17-21-36(35)47-27-34)45(10,51)37(14-2)56-43(50)31(6)40(29(4)32(46)7)57-38-26-44(9,52-11)41(49)33(8)55-38/h16-21,24,27-33,37-38,40-42,49,51H,13-15,22-23,25-26H2,1-12H3/b19-18+/t28-,29-,30+,31-,32-,33+,37-,38+,40+,41+,42-,44-,45-,46-/m1/s1. The van der Waals surface area contributed by atoms with E-state index in [1.54, 1.807) is 48.1 Å². The average Bonchev–Trinajstić information content (AvgIpc) is 3.20. The molecule has 2 aliphatic rings. The van der Waals surface area contributed by atoms with Gasteiger partial charge >= 0.3 is 5.97 Å². The fourth-order valence-corrected chi connectivity index (χ4v) is 9.33. The Morgan fingerprint density at radius 1 is 0.982 bits per heavy atom. The Balaban J connectivity index is 1.74. The van der Waals surface area contributed by atoms with E-state index in [0.29, 0.717) is 12.8 Å². The van der Waals surface area contributed by atoms with E-state index in [0.717, 1.165) is 29.3 Å². The first-order valence-corrected chi connectivity index (χ1v) is 21.1. The summed E-state index contributed by atoms with van der Waals surface area (Å²) in [5.74, 6) is -3.09. The lowest BCUT2D eigenvalue weighted by atomic mass is 9.68. The van der Waals surface area contributed by atoms with Crippen molar-refractivity contribution >= 4 is 28.7 Å². The zero-order valence-electron chi connectivity index (χ0n) is 36.5. The molecule has 11 heteroatoms. The van der Waals surface area contributed by atoms with Gasteiger partial charge in [-0.05, 0) is 76.5 Å². The maximum Gasteiger partial charge on any atom is 0.311 e. The van der Waals surface area contributed by atoms with E-state index in [9.17, 15) is 19.8 Å². The van der Waals surface area contributed by atoms with Crippen LogP contribution in [0.2, 0.25) is 0 Å². The Hall–Kier alpha value is -2.77. The Morgan fingerprint density at radius 3 is 2.33 bits per heavy atom. The normalized spacial score (nSPS) is 38.9. The number of pyridine rings is 1. The number of benzene rings is 1. The van der Waals surface area contributed by atoms with Gasteiger partial charge in [0.2, 0.25) is 0 Å². The van der Waals surface area contributed by atoms with Gasteiger partial charge in [-0.1, -0.05) is 84.7 Å². The molecule has 2 fully saturated rings. The number of Topliss-reactive ketones (excluding diaryl/α,β-unsaturated/α-hetero) is 1. The Bertz CT molecular complexity index is 1650. The summed E-state index contributed by atoms with van der Waals surface area (Å²) in [4.78, 5) is 33.5. The fourth-order valence-electron chi connectivity index (χ4n) is 9.33. The molecule has 0 aliphatic carbocycles. The molecular formula is C46H71NO10. The van der Waals surface area contributed by atoms with Crippen LogP contribution in [0.25, 0.3) is 17.0 Å². The zero-order chi connectivity index (χ0) is 42.3. The number of cyclic esters (lactones) is 1. The second kappa shape index (κ2) is 20.0. The molecule has 1 aromatic heterocycles. The van der Waals surface area contributed by atoms with Gasteiger partial charge in [-0.15, -0.1) is 0 Å². The molecule has 320 valence electrons. The van der Waals surface area contributed by atoms with E-state index in [1.807, 2.05) is 63.3 Å². The van der Waals surface area contributed by atoms with Crippen molar-refractivity contribution in [3.8, 4) is 0 Å². The number of esters is 1. The van der Waals surface area contributed by atoms with E-state index in [2.05, 4.69) is 25.8 Å². The summed E-state index contributed by atoms with van der Waals surface area (Å²) in [5.41, 5.74) is -1.65. The quantitative estimate of drug-likeness (QED) is 0.204. The highest BCUT2D eigenvalue weighted by atomic mass is 16.7. The summed E-state index contributed by atoms with van der Waals surface area (Å²) in [6.45, 7) is 18.9. The number of ether oxygens (including phenoxy) is 6. The van der Waals surface area contributed by atoms with Gasteiger partial charge in [-0.25, -0.2) is 0 Å². The third kappa shape index (κ3) is 10.5. The number of carbonyl (C=O) groups excluding carboxylic acids is 2. The van der Waals surface area contributed by atoms with E-state index >= 15 is 0 Å². The summed E-state index contributed by atoms with van der Waals surface area (Å²) in [6.07, 6.45) is 3.95. The summed E-state index contributed by atoms with van der Waals surface area (Å²) in [5, 5.41) is 24.4. The second-order valence-electron chi connectivity index (χ2n) is 17.3. The smallest absolute Gasteiger partial charge is 0.311 e. The van der Waals surface area contributed by atoms with Crippen LogP contribution in [0.4, 0.5) is 0 Å². The van der Waals surface area contributed by atoms with Gasteiger partial charge in [-0.2, -0.15) is 0 Å². The number of unbranched alkanes of at least 4 members (excludes halogenated alkanes) is 1. The molecule has 0 radical (unpaired) electrons. The fraction of sp³-hybridized carbons (Fsp3) is 0.717. The molecule has 0 amide bonds. The van der Waals surface area contributed by atoms with Crippen LogP contribution in [0, 0.1) is 29.6 Å². The molecule has 14 atom stereocenters. The number of rotatable bonds is 12. The predicted octanol–water partition coefficient (Wildman–Crippen LogP) is 7.72. The van der Waals surface area contributed by atoms with Gasteiger partial charge in [0, 0.05) is 44.1 Å². The third-order valence-corrected chi connectivity index (χ3v) is 13.3. The largest absolute Gasteiger partial charge is 0.459 e. The molecule has 3 heterocycles. The maximum absolute atomic E-state index is 14.6. The first-order valence-electron chi connectivity index (χ1n) is 21.1. The third-order valence-electron chi connectivity index (χ3n) is 13.3. The highest BCUT2D eigenvalue weighted by Crippen LogP contribution is 2.44. The van der Waals surface area contributed by atoms with Crippen molar-refractivity contribution in [1.82, 2.24) is 4.98 Å². The van der Waals surface area contributed by atoms with Crippen LogP contribution in [0.5, 0.6) is 0 Å². The number of carbonyl (C=O) groups is 2. The van der Waals surface area contributed by atoms with Gasteiger partial charge in [-0.3, -0.25) is 14.6 Å². The lowest BCUT2D eigenvalue weighted by molar-refractivity contribution is -0.298. The molecule has 0 bridgehead atoms. The van der Waals surface area contributed by atoms with E-state index in [1.165, 1.54) is 0 Å². The number of ketones is 1. The number of aliphatic hydroxyl groups is 2. The predicted molar refractivity (Wildman–Crippen MR) is 221 cm³/mol. The zero-order valence-corrected chi connectivity index (χ0v) is 36.5. The molecule has 57 heavy (non-hydrogen) atoms. The number of fused-ring (bicyclic) bond motifs is 1. The summed E-state index contributed by atoms with van der Waals surface area (Å²) >= 11 is 0.